The maximum Gasteiger partial charge on any atom is 0.178 e. The first kappa shape index (κ1) is 12.2. The molecule has 1 atom stereocenters. The first-order valence-electron chi connectivity index (χ1n) is 5.07. The summed E-state index contributed by atoms with van der Waals surface area (Å²) in [6, 6.07) is 8.45. The van der Waals surface area contributed by atoms with Crippen LogP contribution in [0.15, 0.2) is 35.2 Å². The van der Waals surface area contributed by atoms with Gasteiger partial charge in [0, 0.05) is 0 Å². The third-order valence-electron chi connectivity index (χ3n) is 2.79. The molecule has 1 aliphatic carbocycles. The Balaban J connectivity index is 2.00. The highest BCUT2D eigenvalue weighted by atomic mass is 35.5. The molecule has 5 heteroatoms. The molecular formula is C11H12Cl2O2S. The van der Waals surface area contributed by atoms with Crippen LogP contribution < -0.4 is 0 Å². The quantitative estimate of drug-likeness (QED) is 0.794. The fraction of sp³-hybridized carbons (Fsp3) is 0.455. The van der Waals surface area contributed by atoms with Crippen LogP contribution in [0.1, 0.15) is 12.8 Å². The molecule has 0 radical (unpaired) electrons. The van der Waals surface area contributed by atoms with Crippen molar-refractivity contribution in [2.45, 2.75) is 22.1 Å². The van der Waals surface area contributed by atoms with Gasteiger partial charge in [0.1, 0.15) is 4.33 Å². The van der Waals surface area contributed by atoms with Gasteiger partial charge in [0.25, 0.3) is 0 Å². The summed E-state index contributed by atoms with van der Waals surface area (Å²) < 4.78 is 23.1. The molecule has 0 spiro atoms. The molecule has 1 aliphatic rings. The number of hydrogen-bond acceptors (Lipinski definition) is 2. The van der Waals surface area contributed by atoms with Crippen LogP contribution in [-0.4, -0.2) is 18.5 Å². The van der Waals surface area contributed by atoms with Gasteiger partial charge >= 0.3 is 0 Å². The first-order valence-corrected chi connectivity index (χ1v) is 7.48. The SMILES string of the molecule is O=S(=O)(CCC1CC1(Cl)Cl)c1ccccc1. The van der Waals surface area contributed by atoms with Gasteiger partial charge in [0.05, 0.1) is 10.6 Å². The summed E-state index contributed by atoms with van der Waals surface area (Å²) in [6.07, 6.45) is 1.23. The topological polar surface area (TPSA) is 34.1 Å². The van der Waals surface area contributed by atoms with Crippen molar-refractivity contribution >= 4 is 33.0 Å². The average Bonchev–Trinajstić information content (AvgIpc) is 2.85. The normalized spacial score (nSPS) is 23.0. The molecule has 2 rings (SSSR count). The zero-order chi connectivity index (χ0) is 11.8. The lowest BCUT2D eigenvalue weighted by atomic mass is 10.3. The number of benzene rings is 1. The van der Waals surface area contributed by atoms with Gasteiger partial charge in [-0.05, 0) is 30.9 Å². The van der Waals surface area contributed by atoms with Gasteiger partial charge in [-0.25, -0.2) is 8.42 Å². The summed E-state index contributed by atoms with van der Waals surface area (Å²) >= 11 is 11.7. The van der Waals surface area contributed by atoms with Crippen LogP contribution in [-0.2, 0) is 9.84 Å². The molecule has 1 unspecified atom stereocenters. The van der Waals surface area contributed by atoms with Crippen molar-refractivity contribution in [1.29, 1.82) is 0 Å². The van der Waals surface area contributed by atoms with E-state index in [1.807, 2.05) is 0 Å². The Morgan fingerprint density at radius 2 is 1.81 bits per heavy atom. The zero-order valence-electron chi connectivity index (χ0n) is 8.57. The van der Waals surface area contributed by atoms with E-state index in [0.717, 1.165) is 0 Å². The largest absolute Gasteiger partial charge is 0.224 e. The van der Waals surface area contributed by atoms with Crippen LogP contribution in [0.2, 0.25) is 0 Å². The second-order valence-electron chi connectivity index (χ2n) is 4.08. The maximum absolute atomic E-state index is 11.9. The lowest BCUT2D eigenvalue weighted by Gasteiger charge is -2.04. The van der Waals surface area contributed by atoms with E-state index < -0.39 is 14.2 Å². The summed E-state index contributed by atoms with van der Waals surface area (Å²) in [5, 5.41) is 0. The molecular weight excluding hydrogens is 267 g/mol. The second-order valence-corrected chi connectivity index (χ2v) is 7.73. The van der Waals surface area contributed by atoms with E-state index in [1.54, 1.807) is 30.3 Å². The Morgan fingerprint density at radius 3 is 2.31 bits per heavy atom. The van der Waals surface area contributed by atoms with Crippen LogP contribution in [0.5, 0.6) is 0 Å². The van der Waals surface area contributed by atoms with Crippen LogP contribution in [0.4, 0.5) is 0 Å². The van der Waals surface area contributed by atoms with E-state index in [-0.39, 0.29) is 11.7 Å². The predicted molar refractivity (Wildman–Crippen MR) is 65.7 cm³/mol. The monoisotopic (exact) mass is 278 g/mol. The predicted octanol–water partition coefficient (Wildman–Crippen LogP) is 3.04. The highest BCUT2D eigenvalue weighted by Gasteiger charge is 2.51. The number of halogens is 2. The number of alkyl halides is 2. The van der Waals surface area contributed by atoms with E-state index >= 15 is 0 Å². The van der Waals surface area contributed by atoms with Crippen LogP contribution >= 0.6 is 23.2 Å². The smallest absolute Gasteiger partial charge is 0.178 e. The molecule has 1 aromatic rings. The molecule has 0 amide bonds. The average molecular weight is 279 g/mol. The van der Waals surface area contributed by atoms with Gasteiger partial charge in [-0.1, -0.05) is 18.2 Å². The van der Waals surface area contributed by atoms with E-state index in [9.17, 15) is 8.42 Å². The third kappa shape index (κ3) is 2.70. The lowest BCUT2D eigenvalue weighted by molar-refractivity contribution is 0.590. The highest BCUT2D eigenvalue weighted by molar-refractivity contribution is 7.91. The molecule has 88 valence electrons. The Kier molecular flexibility index (Phi) is 3.21. The molecule has 16 heavy (non-hydrogen) atoms. The van der Waals surface area contributed by atoms with Gasteiger partial charge in [-0.2, -0.15) is 0 Å². The first-order chi connectivity index (χ1) is 7.42. The molecule has 1 fully saturated rings. The van der Waals surface area contributed by atoms with Crippen molar-refractivity contribution in [2.24, 2.45) is 5.92 Å². The molecule has 0 heterocycles. The molecule has 0 saturated heterocycles. The van der Waals surface area contributed by atoms with Crippen molar-refractivity contribution < 1.29 is 8.42 Å². The molecule has 1 aromatic carbocycles. The van der Waals surface area contributed by atoms with Gasteiger partial charge in [0.2, 0.25) is 0 Å². The van der Waals surface area contributed by atoms with Gasteiger partial charge in [0.15, 0.2) is 9.84 Å². The van der Waals surface area contributed by atoms with E-state index in [4.69, 9.17) is 23.2 Å². The Hall–Kier alpha value is -0.250. The summed E-state index contributed by atoms with van der Waals surface area (Å²) in [5.41, 5.74) is 0. The minimum absolute atomic E-state index is 0.114. The number of hydrogen-bond donors (Lipinski definition) is 0. The van der Waals surface area contributed by atoms with Gasteiger partial charge < -0.3 is 0 Å². The fourth-order valence-corrected chi connectivity index (χ4v) is 3.62. The number of sulfone groups is 1. The Morgan fingerprint density at radius 1 is 1.25 bits per heavy atom. The van der Waals surface area contributed by atoms with Gasteiger partial charge in [-0.15, -0.1) is 23.2 Å². The molecule has 0 bridgehead atoms. The molecule has 2 nitrogen and oxygen atoms in total. The van der Waals surface area contributed by atoms with Crippen molar-refractivity contribution in [3.05, 3.63) is 30.3 Å². The summed E-state index contributed by atoms with van der Waals surface area (Å²) in [7, 11) is -3.18. The van der Waals surface area contributed by atoms with Crippen LogP contribution in [0, 0.1) is 5.92 Å². The van der Waals surface area contributed by atoms with Crippen molar-refractivity contribution in [2.75, 3.05) is 5.75 Å². The standard InChI is InChI=1S/C11H12Cl2O2S/c12-11(13)8-9(11)6-7-16(14,15)10-4-2-1-3-5-10/h1-5,9H,6-8H2. The summed E-state index contributed by atoms with van der Waals surface area (Å²) in [4.78, 5) is 0.366. The lowest BCUT2D eigenvalue weighted by Crippen LogP contribution is -2.08. The van der Waals surface area contributed by atoms with E-state index in [2.05, 4.69) is 0 Å². The minimum Gasteiger partial charge on any atom is -0.224 e. The number of rotatable bonds is 4. The summed E-state index contributed by atoms with van der Waals surface area (Å²) in [5.74, 6) is 0.234. The summed E-state index contributed by atoms with van der Waals surface area (Å²) in [6.45, 7) is 0. The molecule has 0 N–H and O–H groups in total. The highest BCUT2D eigenvalue weighted by Crippen LogP contribution is 2.55. The Labute approximate surface area is 105 Å². The minimum atomic E-state index is -3.18. The second kappa shape index (κ2) is 4.21. The van der Waals surface area contributed by atoms with Crippen LogP contribution in [0.3, 0.4) is 0 Å². The van der Waals surface area contributed by atoms with Crippen molar-refractivity contribution in [1.82, 2.24) is 0 Å². The van der Waals surface area contributed by atoms with Crippen LogP contribution in [0.25, 0.3) is 0 Å². The van der Waals surface area contributed by atoms with Crippen molar-refractivity contribution in [3.63, 3.8) is 0 Å². The fourth-order valence-electron chi connectivity index (χ4n) is 1.63. The molecule has 0 aromatic heterocycles. The van der Waals surface area contributed by atoms with E-state index in [0.29, 0.717) is 17.7 Å². The Bertz CT molecular complexity index is 468. The maximum atomic E-state index is 11.9. The molecule has 0 aliphatic heterocycles. The van der Waals surface area contributed by atoms with E-state index in [1.165, 1.54) is 0 Å². The van der Waals surface area contributed by atoms with Gasteiger partial charge in [-0.3, -0.25) is 0 Å². The molecule has 1 saturated carbocycles. The zero-order valence-corrected chi connectivity index (χ0v) is 10.9. The third-order valence-corrected chi connectivity index (χ3v) is 5.48. The van der Waals surface area contributed by atoms with Crippen molar-refractivity contribution in [3.8, 4) is 0 Å².